The van der Waals surface area contributed by atoms with Crippen LogP contribution in [-0.2, 0) is 18.8 Å². The Labute approximate surface area is 710 Å². The number of ether oxygens (including phenoxy) is 5. The van der Waals surface area contributed by atoms with E-state index in [0.717, 1.165) is 87.8 Å². The first-order valence-corrected chi connectivity index (χ1v) is 39.8. The first kappa shape index (κ1) is 88.1. The van der Waals surface area contributed by atoms with Gasteiger partial charge in [-0.25, -0.2) is 37.7 Å². The number of anilines is 3. The van der Waals surface area contributed by atoms with Crippen LogP contribution in [0.15, 0.2) is 115 Å². The molecule has 123 heavy (non-hydrogen) atoms. The van der Waals surface area contributed by atoms with E-state index in [1.807, 2.05) is 108 Å². The molecule has 0 radical (unpaired) electrons. The van der Waals surface area contributed by atoms with E-state index in [9.17, 15) is 35.9 Å². The van der Waals surface area contributed by atoms with Gasteiger partial charge >= 0.3 is 19.3 Å². The molecule has 0 atom stereocenters. The molecule has 16 rings (SSSR count). The number of pyridine rings is 3. The minimum absolute atomic E-state index is 0.0808. The van der Waals surface area contributed by atoms with E-state index in [2.05, 4.69) is 98.1 Å². The predicted molar refractivity (Wildman–Crippen MR) is 441 cm³/mol. The van der Waals surface area contributed by atoms with Crippen LogP contribution in [0.2, 0.25) is 0 Å². The van der Waals surface area contributed by atoms with Crippen molar-refractivity contribution in [2.45, 2.75) is 148 Å². The zero-order valence-corrected chi connectivity index (χ0v) is 71.1. The number of nitrogen functional groups attached to an aromatic ring is 3. The minimum atomic E-state index is -1.17. The van der Waals surface area contributed by atoms with Crippen LogP contribution in [0.4, 0.5) is 53.4 Å². The standard InChI is InChI=1S/C26H29F2N9O3.C21H21F2N9O.C19H32BN3O4.C13H9BrF2N6O/c1-26(2,3)40-25(38)35-9-7-17(8-10-35)36-14-16(13-31-36)15-11-18(23(29)30-12-15)24-32-33-34-37(24)19-5-6-20(39-4)22(28)21(19)27;1-33-17-3-2-16(18(22)19(17)23)32-21(28-29-30-32)15-8-12(9-26-20(15)24)13-10-27-31(11-13)14-4-6-25-7-5-14;1-17(2,3)25-16(24)22-10-8-15(9-11-22)23-13-14(12-21-23)20-26-18(4,5)19(6,7)27-20;1-23-9-3-2-8(10(15)11(9)16)22-13(19-20-21-22)7-4-6(14)5-18-12(7)17/h5-6,11-14,17H,7-10H2,1-4H3,(H2,29,30);2-3,8-11,14,25H,4-7H2,1H3,(H2,24,26);12-13,15H,8-11H2,1-7H3;2-5H,1H3,(H2,17,18). The predicted octanol–water partition coefficient (Wildman–Crippen LogP) is 11.5. The third kappa shape index (κ3) is 19.6. The van der Waals surface area contributed by atoms with Gasteiger partial charge < -0.3 is 65.3 Å². The number of carbonyl (C=O) groups is 2. The number of likely N-dealkylation sites (tertiary alicyclic amines) is 2. The number of nitrogens with one attached hydrogen (secondary N) is 1. The number of piperidine rings is 3. The first-order chi connectivity index (χ1) is 58.5. The van der Waals surface area contributed by atoms with E-state index in [1.165, 1.54) is 63.9 Å². The molecule has 2 amide bonds. The van der Waals surface area contributed by atoms with Crippen LogP contribution < -0.4 is 42.2 Å². The van der Waals surface area contributed by atoms with Gasteiger partial charge in [0.25, 0.3) is 0 Å². The van der Waals surface area contributed by atoms with E-state index < -0.39 is 53.2 Å². The molecule has 13 heterocycles. The Balaban J connectivity index is 0.000000144. The largest absolute Gasteiger partial charge is 0.498 e. The fourth-order valence-electron chi connectivity index (χ4n) is 13.7. The fourth-order valence-corrected chi connectivity index (χ4v) is 14.0. The van der Waals surface area contributed by atoms with Crippen molar-refractivity contribution < 1.29 is 68.9 Å². The normalized spacial score (nSPS) is 15.6. The molecule has 648 valence electrons. The van der Waals surface area contributed by atoms with Crippen molar-refractivity contribution in [1.82, 2.24) is 120 Å². The summed E-state index contributed by atoms with van der Waals surface area (Å²) in [7, 11) is 3.34. The van der Waals surface area contributed by atoms with E-state index in [0.29, 0.717) is 58.9 Å². The third-order valence-corrected chi connectivity index (χ3v) is 21.4. The van der Waals surface area contributed by atoms with Crippen molar-refractivity contribution >= 4 is 58.2 Å². The summed E-state index contributed by atoms with van der Waals surface area (Å²) in [6.07, 6.45) is 20.5. The summed E-state index contributed by atoms with van der Waals surface area (Å²) in [6.45, 7) is 23.8. The monoisotopic (exact) mass is 1770 g/mol. The highest BCUT2D eigenvalue weighted by atomic mass is 79.9. The SMILES string of the molecule is CC(C)(C)OC(=O)N1CCC(n2cc(B3OC(C)(C)C(C)(C)O3)cn2)CC1.COc1ccc(-n2nnnc2-c2cc(-c3cnn(C4CCN(C(=O)OC(C)(C)C)CC4)c3)cnc2N)c(F)c1F.COc1ccc(-n2nnnc2-c2cc(-c3cnn(C4CCNCC4)c3)cnc2N)c(F)c1F.COc1ccc(-n2nnnc2-c2cc(Br)cnc2N)c(F)c1F. The third-order valence-electron chi connectivity index (χ3n) is 21.0. The number of benzene rings is 3. The fraction of sp³-hybridized carbons (Fsp3) is 0.405. The topological polar surface area (TPSA) is 418 Å². The molecule has 36 nitrogen and oxygen atoms in total. The van der Waals surface area contributed by atoms with E-state index in [-0.39, 0.29) is 105 Å². The molecule has 0 aliphatic carbocycles. The molecule has 0 unspecified atom stereocenters. The van der Waals surface area contributed by atoms with Crippen LogP contribution in [0.5, 0.6) is 17.2 Å². The second-order valence-corrected chi connectivity index (χ2v) is 32.9. The second kappa shape index (κ2) is 36.5. The average molecular weight is 1770 g/mol. The Kier molecular flexibility index (Phi) is 26.2. The maximum atomic E-state index is 14.8. The van der Waals surface area contributed by atoms with Gasteiger partial charge in [0.1, 0.15) is 45.7 Å². The number of carbonyl (C=O) groups excluding carboxylic acids is 2. The lowest BCUT2D eigenvalue weighted by atomic mass is 9.82. The van der Waals surface area contributed by atoms with Crippen LogP contribution in [0, 0.1) is 34.9 Å². The molecule has 0 saturated carbocycles. The molecule has 4 aliphatic rings. The van der Waals surface area contributed by atoms with Crippen LogP contribution in [0.3, 0.4) is 0 Å². The van der Waals surface area contributed by atoms with Crippen LogP contribution in [-0.4, -0.2) is 217 Å². The number of rotatable bonds is 15. The number of methoxy groups -OCH3 is 3. The van der Waals surface area contributed by atoms with Crippen LogP contribution >= 0.6 is 15.9 Å². The smallest absolute Gasteiger partial charge is 0.494 e. The molecule has 0 spiro atoms. The van der Waals surface area contributed by atoms with Crippen molar-refractivity contribution in [2.75, 3.05) is 77.8 Å². The van der Waals surface area contributed by atoms with Crippen molar-refractivity contribution in [3.05, 3.63) is 150 Å². The number of halogens is 7. The maximum Gasteiger partial charge on any atom is 0.498 e. The van der Waals surface area contributed by atoms with E-state index >= 15 is 0 Å². The number of aromatic nitrogens is 21. The van der Waals surface area contributed by atoms with Gasteiger partial charge in [0, 0.05) is 102 Å². The Morgan fingerprint density at radius 1 is 0.472 bits per heavy atom. The van der Waals surface area contributed by atoms with Gasteiger partial charge in [0.15, 0.2) is 52.2 Å². The maximum absolute atomic E-state index is 14.8. The molecule has 4 fully saturated rings. The lowest BCUT2D eigenvalue weighted by Crippen LogP contribution is -2.42. The summed E-state index contributed by atoms with van der Waals surface area (Å²) >= 11 is 3.26. The molecular formula is C79H91BBrF6N27O9. The number of tetrazole rings is 3. The highest BCUT2D eigenvalue weighted by Gasteiger charge is 2.52. The highest BCUT2D eigenvalue weighted by molar-refractivity contribution is 9.10. The average Bonchev–Trinajstić information content (AvgIpc) is 1.74. The van der Waals surface area contributed by atoms with Gasteiger partial charge in [-0.15, -0.1) is 15.3 Å². The summed E-state index contributed by atoms with van der Waals surface area (Å²) < 4.78 is 133. The second-order valence-electron chi connectivity index (χ2n) is 32.0. The quantitative estimate of drug-likeness (QED) is 0.0547. The van der Waals surface area contributed by atoms with Crippen LogP contribution in [0.25, 0.3) is 73.5 Å². The number of nitrogens with two attached hydrogens (primary N) is 3. The molecule has 7 N–H and O–H groups in total. The number of hydrogen-bond acceptors (Lipinski definition) is 28. The molecule has 3 aromatic carbocycles. The molecule has 12 aromatic rings. The molecule has 4 saturated heterocycles. The Hall–Kier alpha value is -12.7. The van der Waals surface area contributed by atoms with Gasteiger partial charge in [0.05, 0.1) is 79.7 Å². The van der Waals surface area contributed by atoms with Gasteiger partial charge in [0.2, 0.25) is 17.5 Å². The molecular weight excluding hydrogens is 1680 g/mol. The summed E-state index contributed by atoms with van der Waals surface area (Å²) in [6, 6.07) is 13.6. The zero-order valence-electron chi connectivity index (χ0n) is 69.5. The van der Waals surface area contributed by atoms with Gasteiger partial charge in [-0.2, -0.15) is 42.5 Å². The van der Waals surface area contributed by atoms with Gasteiger partial charge in [-0.1, -0.05) is 0 Å². The molecule has 9 aromatic heterocycles. The molecule has 44 heteroatoms. The Bertz CT molecular complexity index is 5760. The first-order valence-electron chi connectivity index (χ1n) is 39.0. The minimum Gasteiger partial charge on any atom is -0.494 e. The Morgan fingerprint density at radius 3 is 1.18 bits per heavy atom. The lowest BCUT2D eigenvalue weighted by Gasteiger charge is -2.33. The summed E-state index contributed by atoms with van der Waals surface area (Å²) in [5, 5.41) is 50.9. The zero-order chi connectivity index (χ0) is 88.1. The summed E-state index contributed by atoms with van der Waals surface area (Å²) in [5.74, 6) is -6.84. The lowest BCUT2D eigenvalue weighted by molar-refractivity contribution is 0.00578. The summed E-state index contributed by atoms with van der Waals surface area (Å²) in [4.78, 5) is 40.6. The van der Waals surface area contributed by atoms with Crippen LogP contribution in [0.1, 0.15) is 126 Å². The van der Waals surface area contributed by atoms with Crippen molar-refractivity contribution in [3.63, 3.8) is 0 Å². The number of nitrogens with zero attached hydrogens (tertiary/aromatic N) is 23. The van der Waals surface area contributed by atoms with Crippen molar-refractivity contribution in [1.29, 1.82) is 0 Å². The molecule has 0 bridgehead atoms. The van der Waals surface area contributed by atoms with Crippen molar-refractivity contribution in [3.8, 4) is 90.7 Å². The van der Waals surface area contributed by atoms with Gasteiger partial charge in [-0.3, -0.25) is 14.0 Å². The molecule has 4 aliphatic heterocycles. The highest BCUT2D eigenvalue weighted by Crippen LogP contribution is 2.40. The number of hydrogen-bond donors (Lipinski definition) is 4. The summed E-state index contributed by atoms with van der Waals surface area (Å²) in [5.41, 5.74) is 20.8. The number of amides is 2. The van der Waals surface area contributed by atoms with Crippen molar-refractivity contribution in [2.24, 2.45) is 0 Å². The Morgan fingerprint density at radius 2 is 0.813 bits per heavy atom. The van der Waals surface area contributed by atoms with E-state index in [1.54, 1.807) is 52.8 Å². The van der Waals surface area contributed by atoms with E-state index in [4.69, 9.17) is 50.2 Å². The van der Waals surface area contributed by atoms with Gasteiger partial charge in [-0.05, 0) is 223 Å².